The second-order valence-corrected chi connectivity index (χ2v) is 16.7. The molecule has 19 N–H and O–H groups in total. The third-order valence-electron chi connectivity index (χ3n) is 10.5. The van der Waals surface area contributed by atoms with Crippen molar-refractivity contribution in [2.24, 2.45) is 34.4 Å². The molecular formula is C42H71N13O8S. The fourth-order valence-electron chi connectivity index (χ4n) is 6.75. The number of para-hydroxylation sites is 1. The first-order valence-corrected chi connectivity index (χ1v) is 23.3. The zero-order chi connectivity index (χ0) is 47.6. The Bertz CT molecular complexity index is 1830. The molecule has 1 heterocycles. The maximum Gasteiger partial charge on any atom is 0.243 e. The topological polar surface area (TPSA) is 381 Å². The highest BCUT2D eigenvalue weighted by atomic mass is 32.2. The summed E-state index contributed by atoms with van der Waals surface area (Å²) in [6.45, 7) is 2.41. The van der Waals surface area contributed by atoms with E-state index in [1.54, 1.807) is 6.20 Å². The lowest BCUT2D eigenvalue weighted by Crippen LogP contribution is -2.60. The number of rotatable bonds is 33. The quantitative estimate of drug-likeness (QED) is 0.0341. The zero-order valence-electron chi connectivity index (χ0n) is 37.1. The summed E-state index contributed by atoms with van der Waals surface area (Å²) in [6.07, 6.45) is 6.40. The summed E-state index contributed by atoms with van der Waals surface area (Å²) < 4.78 is 0. The van der Waals surface area contributed by atoms with Gasteiger partial charge in [-0.25, -0.2) is 0 Å². The predicted octanol–water partition coefficient (Wildman–Crippen LogP) is -2.14. The highest BCUT2D eigenvalue weighted by molar-refractivity contribution is 7.98. The Morgan fingerprint density at radius 1 is 0.578 bits per heavy atom. The molecule has 1 aromatic carbocycles. The number of carbonyl (C=O) groups excluding carboxylic acids is 8. The van der Waals surface area contributed by atoms with Crippen LogP contribution in [0, 0.1) is 0 Å². The number of hydrogen-bond acceptors (Lipinski definition) is 13. The highest BCUT2D eigenvalue weighted by Crippen LogP contribution is 2.19. The fourth-order valence-corrected chi connectivity index (χ4v) is 7.22. The molecule has 358 valence electrons. The summed E-state index contributed by atoms with van der Waals surface area (Å²) in [6, 6.07) is -0.629. The smallest absolute Gasteiger partial charge is 0.243 e. The first-order valence-electron chi connectivity index (χ1n) is 21.9. The van der Waals surface area contributed by atoms with Crippen molar-refractivity contribution in [1.82, 2.24) is 36.9 Å². The van der Waals surface area contributed by atoms with Crippen LogP contribution in [0.25, 0.3) is 10.9 Å². The Labute approximate surface area is 378 Å². The van der Waals surface area contributed by atoms with Gasteiger partial charge in [-0.1, -0.05) is 18.2 Å². The second kappa shape index (κ2) is 30.0. The van der Waals surface area contributed by atoms with Crippen molar-refractivity contribution in [3.8, 4) is 0 Å². The lowest BCUT2D eigenvalue weighted by molar-refractivity contribution is -0.136. The Hall–Kier alpha value is -5.29. The zero-order valence-corrected chi connectivity index (χ0v) is 37.9. The number of nitrogens with one attached hydrogen (secondary N) is 7. The molecule has 8 amide bonds. The van der Waals surface area contributed by atoms with Crippen LogP contribution in [0.4, 0.5) is 0 Å². The first kappa shape index (κ1) is 54.8. The van der Waals surface area contributed by atoms with E-state index in [9.17, 15) is 38.4 Å². The van der Waals surface area contributed by atoms with Gasteiger partial charge in [0.05, 0.1) is 6.04 Å². The summed E-state index contributed by atoms with van der Waals surface area (Å²) in [4.78, 5) is 110. The van der Waals surface area contributed by atoms with E-state index in [1.165, 1.54) is 18.7 Å². The Morgan fingerprint density at radius 3 is 1.39 bits per heavy atom. The number of H-pyrrole nitrogens is 1. The monoisotopic (exact) mass is 918 g/mol. The van der Waals surface area contributed by atoms with Gasteiger partial charge >= 0.3 is 0 Å². The molecule has 64 heavy (non-hydrogen) atoms. The third-order valence-corrected chi connectivity index (χ3v) is 11.1. The number of thioether (sulfide) groups is 1. The number of aromatic nitrogens is 1. The maximum atomic E-state index is 14.1. The molecule has 0 saturated carbocycles. The molecule has 22 heteroatoms. The van der Waals surface area contributed by atoms with E-state index in [-0.39, 0.29) is 44.9 Å². The van der Waals surface area contributed by atoms with E-state index in [4.69, 9.17) is 34.4 Å². The molecule has 0 radical (unpaired) electrons. The molecule has 0 aliphatic heterocycles. The molecule has 0 unspecified atom stereocenters. The molecule has 7 atom stereocenters. The average Bonchev–Trinajstić information content (AvgIpc) is 3.67. The van der Waals surface area contributed by atoms with Crippen LogP contribution in [0.5, 0.6) is 0 Å². The molecule has 2 rings (SSSR count). The van der Waals surface area contributed by atoms with Crippen LogP contribution in [0.15, 0.2) is 30.5 Å². The molecule has 0 saturated heterocycles. The first-order chi connectivity index (χ1) is 30.6. The number of unbranched alkanes of at least 4 members (excludes halogenated alkanes) is 3. The van der Waals surface area contributed by atoms with E-state index >= 15 is 0 Å². The van der Waals surface area contributed by atoms with Crippen molar-refractivity contribution in [2.45, 2.75) is 133 Å². The molecule has 0 bridgehead atoms. The molecule has 0 aliphatic rings. The predicted molar refractivity (Wildman–Crippen MR) is 247 cm³/mol. The van der Waals surface area contributed by atoms with Gasteiger partial charge < -0.3 is 71.3 Å². The van der Waals surface area contributed by atoms with E-state index in [2.05, 4.69) is 36.9 Å². The number of amides is 8. The Balaban J connectivity index is 2.37. The van der Waals surface area contributed by atoms with Gasteiger partial charge in [0.2, 0.25) is 47.3 Å². The van der Waals surface area contributed by atoms with Gasteiger partial charge in [0.25, 0.3) is 0 Å². The normalized spacial score (nSPS) is 14.5. The van der Waals surface area contributed by atoms with Crippen LogP contribution in [-0.2, 0) is 44.8 Å². The summed E-state index contributed by atoms with van der Waals surface area (Å²) in [5.41, 5.74) is 35.6. The minimum Gasteiger partial charge on any atom is -0.370 e. The summed E-state index contributed by atoms with van der Waals surface area (Å²) in [7, 11) is 0. The summed E-state index contributed by atoms with van der Waals surface area (Å²) in [5, 5.41) is 16.9. The molecule has 0 fully saturated rings. The molecule has 21 nitrogen and oxygen atoms in total. The number of primary amides is 2. The van der Waals surface area contributed by atoms with Gasteiger partial charge in [-0.05, 0) is 121 Å². The average molecular weight is 918 g/mol. The largest absolute Gasteiger partial charge is 0.370 e. The van der Waals surface area contributed by atoms with Crippen molar-refractivity contribution in [3.05, 3.63) is 36.0 Å². The van der Waals surface area contributed by atoms with Crippen LogP contribution in [0.3, 0.4) is 0 Å². The number of nitrogens with two attached hydrogens (primary N) is 6. The molecule has 2 aromatic rings. The highest BCUT2D eigenvalue weighted by Gasteiger charge is 2.33. The minimum absolute atomic E-state index is 0.0589. The van der Waals surface area contributed by atoms with Crippen molar-refractivity contribution < 1.29 is 38.4 Å². The van der Waals surface area contributed by atoms with Crippen molar-refractivity contribution in [2.75, 3.05) is 31.6 Å². The van der Waals surface area contributed by atoms with E-state index in [0.717, 1.165) is 16.5 Å². The number of aromatic amines is 1. The Morgan fingerprint density at radius 2 is 0.984 bits per heavy atom. The number of carbonyl (C=O) groups is 8. The van der Waals surface area contributed by atoms with Gasteiger partial charge in [0.1, 0.15) is 36.3 Å². The van der Waals surface area contributed by atoms with Crippen LogP contribution in [0.1, 0.15) is 89.5 Å². The van der Waals surface area contributed by atoms with Crippen molar-refractivity contribution >= 4 is 69.9 Å². The third kappa shape index (κ3) is 19.6. The van der Waals surface area contributed by atoms with Crippen LogP contribution in [-0.4, -0.2) is 126 Å². The number of fused-ring (bicyclic) bond motifs is 1. The van der Waals surface area contributed by atoms with Gasteiger partial charge in [-0.15, -0.1) is 0 Å². The van der Waals surface area contributed by atoms with E-state index in [0.29, 0.717) is 63.9 Å². The SMILES string of the molecule is CSCC[C@H](NC(=O)[C@H](C)N)C(=O)N[C@@H](CCCCN)C(=O)N[C@@H](CCCCN)C(=O)N[C@@H](CCC(N)=O)C(=O)N[C@@H](CCCCN)C(=O)N[C@@H](Cc1c[nH]c2ccccc12)C(N)=O. The van der Waals surface area contributed by atoms with Gasteiger partial charge in [-0.3, -0.25) is 38.4 Å². The van der Waals surface area contributed by atoms with Crippen molar-refractivity contribution in [1.29, 1.82) is 0 Å². The maximum absolute atomic E-state index is 14.1. The Kier molecular flexibility index (Phi) is 25.7. The van der Waals surface area contributed by atoms with Crippen LogP contribution in [0.2, 0.25) is 0 Å². The van der Waals surface area contributed by atoms with Crippen LogP contribution >= 0.6 is 11.8 Å². The number of hydrogen-bond donors (Lipinski definition) is 13. The molecular weight excluding hydrogens is 847 g/mol. The van der Waals surface area contributed by atoms with Gasteiger partial charge in [-0.2, -0.15) is 11.8 Å². The van der Waals surface area contributed by atoms with E-state index in [1.807, 2.05) is 30.5 Å². The lowest BCUT2D eigenvalue weighted by atomic mass is 10.0. The molecule has 0 aliphatic carbocycles. The minimum atomic E-state index is -1.41. The fraction of sp³-hybridized carbons (Fsp3) is 0.619. The standard InChI is InChI=1S/C42H71N13O8S/c1-25(46)37(58)50-33(18-22-64-2)42(63)53-29(13-5-8-19-43)38(59)51-30(14-6-9-20-44)39(60)54-32(16-17-35(47)56)41(62)52-31(15-7-10-21-45)40(61)55-34(36(48)57)23-26-24-49-28-12-4-3-11-27(26)28/h3-4,11-12,24-25,29-34,49H,5-10,13-23,43-46H2,1-2H3,(H2,47,56)(H2,48,57)(H,50,58)(H,51,59)(H,52,62)(H,53,63)(H,54,60)(H,55,61)/t25-,29-,30-,31-,32-,33-,34-/m0/s1. The lowest BCUT2D eigenvalue weighted by Gasteiger charge is -2.28. The second-order valence-electron chi connectivity index (χ2n) is 15.8. The van der Waals surface area contributed by atoms with Crippen LogP contribution < -0.4 is 66.3 Å². The number of benzene rings is 1. The molecule has 0 spiro atoms. The van der Waals surface area contributed by atoms with Gasteiger partial charge in [0.15, 0.2) is 0 Å². The van der Waals surface area contributed by atoms with E-state index < -0.39 is 89.6 Å². The van der Waals surface area contributed by atoms with Gasteiger partial charge in [0, 0.05) is 29.9 Å². The summed E-state index contributed by atoms with van der Waals surface area (Å²) in [5.74, 6) is -5.24. The summed E-state index contributed by atoms with van der Waals surface area (Å²) >= 11 is 1.46. The van der Waals surface area contributed by atoms with Crippen molar-refractivity contribution in [3.63, 3.8) is 0 Å². The molecule has 1 aromatic heterocycles.